The first kappa shape index (κ1) is 13.2. The second-order valence-corrected chi connectivity index (χ2v) is 6.11. The lowest BCUT2D eigenvalue weighted by atomic mass is 10.1. The lowest BCUT2D eigenvalue weighted by molar-refractivity contribution is 0.197. The molecule has 0 aromatic carbocycles. The minimum atomic E-state index is -2.94. The van der Waals surface area contributed by atoms with Crippen molar-refractivity contribution in [2.24, 2.45) is 0 Å². The fourth-order valence-corrected chi connectivity index (χ4v) is 4.03. The summed E-state index contributed by atoms with van der Waals surface area (Å²) in [6, 6.07) is 0.401. The highest BCUT2D eigenvalue weighted by Crippen LogP contribution is 2.54. The summed E-state index contributed by atoms with van der Waals surface area (Å²) >= 11 is 0. The molecule has 0 aromatic rings. The molecule has 0 spiro atoms. The molecule has 0 aromatic heterocycles. The summed E-state index contributed by atoms with van der Waals surface area (Å²) < 4.78 is 23.1. The average Bonchev–Trinajstić information content (AvgIpc) is 2.18. The van der Waals surface area contributed by atoms with Gasteiger partial charge in [-0.05, 0) is 40.0 Å². The van der Waals surface area contributed by atoms with E-state index in [-0.39, 0.29) is 5.78 Å². The third-order valence-corrected chi connectivity index (χ3v) is 5.00. The molecule has 1 rings (SSSR count). The van der Waals surface area contributed by atoms with Crippen LogP contribution in [0.25, 0.3) is 0 Å². The molecule has 1 aliphatic rings. The van der Waals surface area contributed by atoms with E-state index in [0.29, 0.717) is 19.3 Å². The van der Waals surface area contributed by atoms with Crippen molar-refractivity contribution in [1.82, 2.24) is 5.32 Å². The van der Waals surface area contributed by atoms with Crippen LogP contribution in [0.5, 0.6) is 0 Å². The highest BCUT2D eigenvalue weighted by molar-refractivity contribution is 7.54. The third-order valence-electron chi connectivity index (χ3n) is 2.59. The normalized spacial score (nSPS) is 27.9. The van der Waals surface area contributed by atoms with Gasteiger partial charge in [0, 0.05) is 6.04 Å². The molecule has 0 radical (unpaired) electrons. The van der Waals surface area contributed by atoms with Crippen molar-refractivity contribution in [2.75, 3.05) is 13.2 Å². The minimum Gasteiger partial charge on any atom is -0.308 e. The van der Waals surface area contributed by atoms with Gasteiger partial charge in [0.1, 0.15) is 5.78 Å². The van der Waals surface area contributed by atoms with Crippen LogP contribution in [0.2, 0.25) is 0 Å². The molecule has 0 amide bonds. The van der Waals surface area contributed by atoms with Crippen LogP contribution in [0, 0.1) is 0 Å². The molecule has 1 aliphatic heterocycles. The molecule has 0 bridgehead atoms. The van der Waals surface area contributed by atoms with Gasteiger partial charge in [-0.2, -0.15) is 0 Å². The fourth-order valence-electron chi connectivity index (χ4n) is 1.94. The second-order valence-electron chi connectivity index (χ2n) is 3.89. The van der Waals surface area contributed by atoms with Gasteiger partial charge in [-0.3, -0.25) is 4.57 Å². The lowest BCUT2D eigenvalue weighted by Gasteiger charge is -2.33. The third kappa shape index (κ3) is 3.56. The van der Waals surface area contributed by atoms with Crippen molar-refractivity contribution < 1.29 is 13.6 Å². The van der Waals surface area contributed by atoms with E-state index in [1.807, 2.05) is 13.8 Å². The van der Waals surface area contributed by atoms with Crippen LogP contribution in [-0.4, -0.2) is 25.0 Å². The minimum absolute atomic E-state index is 0.124. The molecule has 1 fully saturated rings. The van der Waals surface area contributed by atoms with Gasteiger partial charge in [-0.15, -0.1) is 0 Å². The van der Waals surface area contributed by atoms with Crippen LogP contribution >= 0.6 is 7.60 Å². The van der Waals surface area contributed by atoms with Gasteiger partial charge in [0.2, 0.25) is 0 Å². The molecule has 90 valence electrons. The summed E-state index contributed by atoms with van der Waals surface area (Å²) in [6.45, 7) is 6.66. The Bertz CT molecular complexity index is 225. The predicted octanol–water partition coefficient (Wildman–Crippen LogP) is 2.74. The van der Waals surface area contributed by atoms with Crippen LogP contribution in [0.3, 0.4) is 0 Å². The fraction of sp³-hybridized carbons (Fsp3) is 1.00. The van der Waals surface area contributed by atoms with Gasteiger partial charge >= 0.3 is 7.60 Å². The molecule has 1 N–H and O–H groups in total. The van der Waals surface area contributed by atoms with Gasteiger partial charge in [0.05, 0.1) is 13.2 Å². The van der Waals surface area contributed by atoms with E-state index < -0.39 is 7.60 Å². The van der Waals surface area contributed by atoms with Crippen molar-refractivity contribution in [3.05, 3.63) is 0 Å². The Balaban J connectivity index is 2.65. The Morgan fingerprint density at radius 2 is 1.87 bits per heavy atom. The molecule has 1 saturated heterocycles. The van der Waals surface area contributed by atoms with Crippen molar-refractivity contribution in [3.63, 3.8) is 0 Å². The molecule has 0 saturated carbocycles. The first-order valence-corrected chi connectivity index (χ1v) is 7.38. The van der Waals surface area contributed by atoms with E-state index in [1.54, 1.807) is 0 Å². The quantitative estimate of drug-likeness (QED) is 0.744. The largest absolute Gasteiger partial charge is 0.347 e. The first-order chi connectivity index (χ1) is 7.12. The average molecular weight is 235 g/mol. The summed E-state index contributed by atoms with van der Waals surface area (Å²) in [5.41, 5.74) is 0. The molecular weight excluding hydrogens is 213 g/mol. The number of rotatable bonds is 5. The summed E-state index contributed by atoms with van der Waals surface area (Å²) in [4.78, 5) is 0. The van der Waals surface area contributed by atoms with Crippen LogP contribution in [0.4, 0.5) is 0 Å². The Labute approximate surface area is 92.3 Å². The van der Waals surface area contributed by atoms with Gasteiger partial charge in [-0.25, -0.2) is 0 Å². The number of hydrogen-bond acceptors (Lipinski definition) is 4. The van der Waals surface area contributed by atoms with Gasteiger partial charge in [-0.1, -0.05) is 0 Å². The Morgan fingerprint density at radius 3 is 2.33 bits per heavy atom. The Morgan fingerprint density at radius 1 is 1.27 bits per heavy atom. The van der Waals surface area contributed by atoms with Gasteiger partial charge in [0.25, 0.3) is 0 Å². The first-order valence-electron chi connectivity index (χ1n) is 5.77. The number of hydrogen-bond donors (Lipinski definition) is 1. The maximum atomic E-state index is 12.4. The van der Waals surface area contributed by atoms with E-state index in [0.717, 1.165) is 19.3 Å². The lowest BCUT2D eigenvalue weighted by Crippen LogP contribution is -2.41. The van der Waals surface area contributed by atoms with Crippen LogP contribution in [0.1, 0.15) is 40.0 Å². The number of piperidine rings is 1. The van der Waals surface area contributed by atoms with E-state index in [9.17, 15) is 4.57 Å². The zero-order valence-corrected chi connectivity index (χ0v) is 10.8. The zero-order chi connectivity index (χ0) is 11.3. The molecular formula is C10H22NO3P. The molecule has 0 unspecified atom stereocenters. The smallest absolute Gasteiger partial charge is 0.308 e. The van der Waals surface area contributed by atoms with Gasteiger partial charge < -0.3 is 14.4 Å². The molecule has 4 nitrogen and oxygen atoms in total. The van der Waals surface area contributed by atoms with Crippen molar-refractivity contribution >= 4 is 7.60 Å². The summed E-state index contributed by atoms with van der Waals surface area (Å²) in [5, 5.41) is 3.31. The Hall–Kier alpha value is 0.110. The second kappa shape index (κ2) is 6.00. The molecule has 0 aliphatic carbocycles. The highest BCUT2D eigenvalue weighted by Gasteiger charge is 2.37. The van der Waals surface area contributed by atoms with E-state index >= 15 is 0 Å². The molecule has 5 heteroatoms. The zero-order valence-electron chi connectivity index (χ0n) is 9.86. The highest BCUT2D eigenvalue weighted by atomic mass is 31.2. The van der Waals surface area contributed by atoms with E-state index in [4.69, 9.17) is 9.05 Å². The topological polar surface area (TPSA) is 47.6 Å². The van der Waals surface area contributed by atoms with Crippen LogP contribution in [0.15, 0.2) is 0 Å². The van der Waals surface area contributed by atoms with Crippen molar-refractivity contribution in [2.45, 2.75) is 51.9 Å². The van der Waals surface area contributed by atoms with Crippen LogP contribution < -0.4 is 5.32 Å². The van der Waals surface area contributed by atoms with Gasteiger partial charge in [0.15, 0.2) is 0 Å². The molecule has 2 atom stereocenters. The maximum Gasteiger partial charge on any atom is 0.347 e. The predicted molar refractivity (Wildman–Crippen MR) is 61.1 cm³/mol. The SMILES string of the molecule is CCOP(=O)(OCC)[C@@H]1CCC[C@H](C)N1. The standard InChI is InChI=1S/C10H22NO3P/c1-4-13-15(12,14-5-2)10-8-6-7-9(3)11-10/h9-11H,4-8H2,1-3H3/t9-,10+/m0/s1. The summed E-state index contributed by atoms with van der Waals surface area (Å²) in [7, 11) is -2.94. The van der Waals surface area contributed by atoms with Crippen molar-refractivity contribution in [3.8, 4) is 0 Å². The summed E-state index contributed by atoms with van der Waals surface area (Å²) in [5.74, 6) is -0.124. The maximum absolute atomic E-state index is 12.4. The van der Waals surface area contributed by atoms with Crippen molar-refractivity contribution in [1.29, 1.82) is 0 Å². The monoisotopic (exact) mass is 235 g/mol. The molecule has 15 heavy (non-hydrogen) atoms. The van der Waals surface area contributed by atoms with E-state index in [1.165, 1.54) is 0 Å². The van der Waals surface area contributed by atoms with E-state index in [2.05, 4.69) is 12.2 Å². The van der Waals surface area contributed by atoms with Crippen LogP contribution in [-0.2, 0) is 13.6 Å². The molecule has 1 heterocycles. The summed E-state index contributed by atoms with van der Waals surface area (Å²) in [6.07, 6.45) is 3.10. The Kier molecular flexibility index (Phi) is 5.27. The number of nitrogens with one attached hydrogen (secondary N) is 1.